The minimum atomic E-state index is -1.15. The van der Waals surface area contributed by atoms with Gasteiger partial charge in [-0.1, -0.05) is 161 Å². The summed E-state index contributed by atoms with van der Waals surface area (Å²) in [6.07, 6.45) is 35.9. The lowest BCUT2D eigenvalue weighted by Gasteiger charge is -2.26. The third-order valence-corrected chi connectivity index (χ3v) is 8.62. The number of carbonyl (C=O) groups excluding carboxylic acids is 1. The van der Waals surface area contributed by atoms with Gasteiger partial charge in [-0.15, -0.1) is 0 Å². The van der Waals surface area contributed by atoms with E-state index in [4.69, 9.17) is 0 Å². The Morgan fingerprint density at radius 1 is 0.571 bits per heavy atom. The van der Waals surface area contributed by atoms with E-state index in [0.29, 0.717) is 12.8 Å². The number of nitrogens with one attached hydrogen (secondary N) is 1. The molecule has 0 heterocycles. The van der Waals surface area contributed by atoms with Crippen LogP contribution >= 0.6 is 0 Å². The predicted octanol–water partition coefficient (Wildman–Crippen LogP) is 9.70. The molecule has 1 amide bonds. The Labute approximate surface area is 261 Å². The van der Waals surface area contributed by atoms with E-state index < -0.39 is 18.2 Å². The number of hydrogen-bond acceptors (Lipinski definition) is 4. The highest BCUT2D eigenvalue weighted by Gasteiger charge is 2.26. The van der Waals surface area contributed by atoms with Crippen LogP contribution in [0.5, 0.6) is 0 Å². The average Bonchev–Trinajstić information content (AvgIpc) is 2.99. The summed E-state index contributed by atoms with van der Waals surface area (Å²) in [7, 11) is 0. The number of rotatable bonds is 33. The number of allylic oxidation sites excluding steroid dienone is 2. The molecule has 5 heteroatoms. The topological polar surface area (TPSA) is 89.8 Å². The molecule has 4 N–H and O–H groups in total. The second kappa shape index (κ2) is 33.0. The van der Waals surface area contributed by atoms with Crippen LogP contribution in [0.15, 0.2) is 12.2 Å². The summed E-state index contributed by atoms with van der Waals surface area (Å²) in [4.78, 5) is 12.3. The van der Waals surface area contributed by atoms with Crippen molar-refractivity contribution >= 4 is 5.91 Å². The molecule has 42 heavy (non-hydrogen) atoms. The van der Waals surface area contributed by atoms with E-state index in [2.05, 4.69) is 31.3 Å². The molecule has 0 rings (SSSR count). The van der Waals surface area contributed by atoms with Crippen molar-refractivity contribution < 1.29 is 20.1 Å². The fourth-order valence-corrected chi connectivity index (χ4v) is 5.69. The quantitative estimate of drug-likeness (QED) is 0.0449. The van der Waals surface area contributed by atoms with Gasteiger partial charge in [0.15, 0.2) is 0 Å². The first-order chi connectivity index (χ1) is 20.6. The van der Waals surface area contributed by atoms with E-state index in [1.165, 1.54) is 128 Å². The van der Waals surface area contributed by atoms with E-state index in [9.17, 15) is 20.1 Å². The molecule has 0 aromatic heterocycles. The molecule has 0 saturated carbocycles. The summed E-state index contributed by atoms with van der Waals surface area (Å²) in [5.41, 5.74) is 0. The van der Waals surface area contributed by atoms with Gasteiger partial charge in [0.05, 0.1) is 18.8 Å². The fourth-order valence-electron chi connectivity index (χ4n) is 5.69. The first kappa shape index (κ1) is 41.1. The van der Waals surface area contributed by atoms with Gasteiger partial charge in [-0.25, -0.2) is 0 Å². The Kier molecular flexibility index (Phi) is 32.3. The number of amides is 1. The molecule has 250 valence electrons. The van der Waals surface area contributed by atoms with Crippen LogP contribution in [0.25, 0.3) is 0 Å². The summed E-state index contributed by atoms with van der Waals surface area (Å²) in [6, 6.07) is -0.818. The van der Waals surface area contributed by atoms with E-state index >= 15 is 0 Å². The molecule has 0 fully saturated rings. The average molecular weight is 596 g/mol. The molecular weight excluding hydrogens is 522 g/mol. The zero-order valence-electron chi connectivity index (χ0n) is 28.1. The van der Waals surface area contributed by atoms with Crippen LogP contribution in [0.3, 0.4) is 0 Å². The normalized spacial score (nSPS) is 13.9. The highest BCUT2D eigenvalue weighted by Crippen LogP contribution is 2.15. The molecular formula is C37H73NO4. The lowest BCUT2D eigenvalue weighted by Crippen LogP contribution is -2.50. The zero-order valence-corrected chi connectivity index (χ0v) is 28.1. The summed E-state index contributed by atoms with van der Waals surface area (Å²) in [5, 5.41) is 33.3. The number of unbranched alkanes of at least 4 members (excludes halogenated alkanes) is 23. The van der Waals surface area contributed by atoms with Crippen LogP contribution in [-0.2, 0) is 4.79 Å². The van der Waals surface area contributed by atoms with E-state index in [-0.39, 0.29) is 12.5 Å². The SMILES string of the molecule is CCCCCCCCCCCCC/C=C/CCCC(O)C(O)C(CO)NC(=O)CCCCCCCCCCCCCC. The Morgan fingerprint density at radius 3 is 1.38 bits per heavy atom. The van der Waals surface area contributed by atoms with Crippen LogP contribution in [0.4, 0.5) is 0 Å². The smallest absolute Gasteiger partial charge is 0.220 e. The molecule has 0 bridgehead atoms. The van der Waals surface area contributed by atoms with E-state index in [0.717, 1.165) is 38.5 Å². The predicted molar refractivity (Wildman–Crippen MR) is 181 cm³/mol. The summed E-state index contributed by atoms with van der Waals surface area (Å²) in [6.45, 7) is 4.15. The summed E-state index contributed by atoms with van der Waals surface area (Å²) < 4.78 is 0. The van der Waals surface area contributed by atoms with Crippen molar-refractivity contribution in [3.05, 3.63) is 12.2 Å². The Bertz CT molecular complexity index is 582. The fraction of sp³-hybridized carbons (Fsp3) is 0.919. The minimum absolute atomic E-state index is 0.155. The van der Waals surface area contributed by atoms with Gasteiger partial charge in [-0.05, 0) is 38.5 Å². The van der Waals surface area contributed by atoms with Crippen molar-refractivity contribution in [1.29, 1.82) is 0 Å². The molecule has 5 nitrogen and oxygen atoms in total. The molecule has 3 unspecified atom stereocenters. The maximum Gasteiger partial charge on any atom is 0.220 e. The first-order valence-corrected chi connectivity index (χ1v) is 18.5. The second-order valence-electron chi connectivity index (χ2n) is 12.8. The third-order valence-electron chi connectivity index (χ3n) is 8.62. The number of aliphatic hydroxyl groups is 3. The summed E-state index contributed by atoms with van der Waals surface area (Å²) >= 11 is 0. The van der Waals surface area contributed by atoms with E-state index in [1.807, 2.05) is 0 Å². The molecule has 0 aromatic carbocycles. The molecule has 0 aliphatic carbocycles. The van der Waals surface area contributed by atoms with Gasteiger partial charge >= 0.3 is 0 Å². The third kappa shape index (κ3) is 27.9. The van der Waals surface area contributed by atoms with Crippen LogP contribution < -0.4 is 5.32 Å². The molecule has 0 spiro atoms. The van der Waals surface area contributed by atoms with Crippen molar-refractivity contribution in [2.45, 2.75) is 212 Å². The van der Waals surface area contributed by atoms with Crippen molar-refractivity contribution in [2.24, 2.45) is 0 Å². The Morgan fingerprint density at radius 2 is 0.952 bits per heavy atom. The van der Waals surface area contributed by atoms with Gasteiger partial charge in [0.2, 0.25) is 5.91 Å². The van der Waals surface area contributed by atoms with Crippen LogP contribution in [0.2, 0.25) is 0 Å². The maximum absolute atomic E-state index is 12.3. The van der Waals surface area contributed by atoms with Gasteiger partial charge in [0.25, 0.3) is 0 Å². The second-order valence-corrected chi connectivity index (χ2v) is 12.8. The molecule has 3 atom stereocenters. The van der Waals surface area contributed by atoms with Gasteiger partial charge in [-0.2, -0.15) is 0 Å². The molecule has 0 aliphatic heterocycles. The first-order valence-electron chi connectivity index (χ1n) is 18.5. The number of hydrogen-bond donors (Lipinski definition) is 4. The molecule has 0 radical (unpaired) electrons. The largest absolute Gasteiger partial charge is 0.394 e. The van der Waals surface area contributed by atoms with Gasteiger partial charge in [0.1, 0.15) is 6.10 Å². The number of carbonyl (C=O) groups is 1. The van der Waals surface area contributed by atoms with Crippen molar-refractivity contribution in [1.82, 2.24) is 5.32 Å². The monoisotopic (exact) mass is 596 g/mol. The highest BCUT2D eigenvalue weighted by atomic mass is 16.3. The summed E-state index contributed by atoms with van der Waals surface area (Å²) in [5.74, 6) is -0.155. The van der Waals surface area contributed by atoms with Crippen LogP contribution in [0.1, 0.15) is 194 Å². The van der Waals surface area contributed by atoms with Crippen LogP contribution in [0, 0.1) is 0 Å². The standard InChI is InChI=1S/C37H73NO4/c1-3-5-7-9-11-13-15-17-18-19-20-21-23-25-27-29-31-35(40)37(42)34(33-39)38-36(41)32-30-28-26-24-22-16-14-12-10-8-6-4-2/h23,25,34-35,37,39-40,42H,3-22,24,26-33H2,1-2H3,(H,38,41)/b25-23+. The Balaban J connectivity index is 3.72. The van der Waals surface area contributed by atoms with Gasteiger partial charge < -0.3 is 20.6 Å². The molecule has 0 aromatic rings. The highest BCUT2D eigenvalue weighted by molar-refractivity contribution is 5.76. The molecule has 0 aliphatic rings. The lowest BCUT2D eigenvalue weighted by atomic mass is 10.0. The van der Waals surface area contributed by atoms with Gasteiger partial charge in [-0.3, -0.25) is 4.79 Å². The molecule has 0 saturated heterocycles. The van der Waals surface area contributed by atoms with Crippen molar-refractivity contribution in [3.63, 3.8) is 0 Å². The van der Waals surface area contributed by atoms with Crippen molar-refractivity contribution in [2.75, 3.05) is 6.61 Å². The number of aliphatic hydroxyl groups excluding tert-OH is 3. The van der Waals surface area contributed by atoms with Crippen LogP contribution in [-0.4, -0.2) is 46.1 Å². The van der Waals surface area contributed by atoms with Crippen molar-refractivity contribution in [3.8, 4) is 0 Å². The maximum atomic E-state index is 12.3. The lowest BCUT2D eigenvalue weighted by molar-refractivity contribution is -0.124. The van der Waals surface area contributed by atoms with E-state index in [1.54, 1.807) is 0 Å². The Hall–Kier alpha value is -0.910. The minimum Gasteiger partial charge on any atom is -0.394 e. The zero-order chi connectivity index (χ0) is 30.9. The van der Waals surface area contributed by atoms with Gasteiger partial charge in [0, 0.05) is 6.42 Å².